The van der Waals surface area contributed by atoms with Gasteiger partial charge in [-0.2, -0.15) is 0 Å². The van der Waals surface area contributed by atoms with Gasteiger partial charge in [0.25, 0.3) is 5.91 Å². The van der Waals surface area contributed by atoms with Gasteiger partial charge in [0.1, 0.15) is 5.75 Å². The molecule has 2 heterocycles. The number of aromatic nitrogens is 1. The Morgan fingerprint density at radius 2 is 1.96 bits per heavy atom. The van der Waals surface area contributed by atoms with Gasteiger partial charge in [0.2, 0.25) is 0 Å². The highest BCUT2D eigenvalue weighted by Crippen LogP contribution is 2.34. The SMILES string of the molecule is COc1ccc(C(=O)N2CCN(C)CC2)cc1-c1csc(N(C)C)n1. The number of benzene rings is 1. The average molecular weight is 360 g/mol. The van der Waals surface area contributed by atoms with E-state index in [-0.39, 0.29) is 5.91 Å². The van der Waals surface area contributed by atoms with Crippen molar-refractivity contribution in [2.24, 2.45) is 0 Å². The van der Waals surface area contributed by atoms with Crippen LogP contribution in [0.3, 0.4) is 0 Å². The molecule has 7 heteroatoms. The Morgan fingerprint density at radius 1 is 1.24 bits per heavy atom. The molecule has 0 radical (unpaired) electrons. The molecule has 6 nitrogen and oxygen atoms in total. The zero-order valence-corrected chi connectivity index (χ0v) is 16.0. The predicted molar refractivity (Wildman–Crippen MR) is 102 cm³/mol. The van der Waals surface area contributed by atoms with E-state index in [4.69, 9.17) is 4.74 Å². The van der Waals surface area contributed by atoms with Gasteiger partial charge in [-0.05, 0) is 25.2 Å². The Kier molecular flexibility index (Phi) is 5.24. The molecule has 0 saturated carbocycles. The summed E-state index contributed by atoms with van der Waals surface area (Å²) in [5.74, 6) is 0.797. The van der Waals surface area contributed by atoms with E-state index in [0.29, 0.717) is 5.56 Å². The molecule has 2 aromatic rings. The number of ether oxygens (including phenoxy) is 1. The molecule has 25 heavy (non-hydrogen) atoms. The van der Waals surface area contributed by atoms with Crippen molar-refractivity contribution in [3.8, 4) is 17.0 Å². The lowest BCUT2D eigenvalue weighted by atomic mass is 10.1. The predicted octanol–water partition coefficient (Wildman–Crippen LogP) is 2.27. The molecule has 0 bridgehead atoms. The summed E-state index contributed by atoms with van der Waals surface area (Å²) in [5, 5.41) is 2.92. The van der Waals surface area contributed by atoms with Gasteiger partial charge in [-0.25, -0.2) is 4.98 Å². The standard InChI is InChI=1S/C18H24N4O2S/c1-20(2)18-19-15(12-25-18)14-11-13(5-6-16(14)24-4)17(23)22-9-7-21(3)8-10-22/h5-6,11-12H,7-10H2,1-4H3. The van der Waals surface area contributed by atoms with Crippen LogP contribution in [0, 0.1) is 0 Å². The maximum Gasteiger partial charge on any atom is 0.253 e. The summed E-state index contributed by atoms with van der Waals surface area (Å²) in [5.41, 5.74) is 2.37. The number of methoxy groups -OCH3 is 1. The van der Waals surface area contributed by atoms with Crippen molar-refractivity contribution in [3.63, 3.8) is 0 Å². The Morgan fingerprint density at radius 3 is 2.56 bits per heavy atom. The van der Waals surface area contributed by atoms with Crippen molar-refractivity contribution in [1.29, 1.82) is 0 Å². The summed E-state index contributed by atoms with van der Waals surface area (Å²) < 4.78 is 5.48. The van der Waals surface area contributed by atoms with Gasteiger partial charge in [-0.1, -0.05) is 0 Å². The minimum atomic E-state index is 0.0695. The van der Waals surface area contributed by atoms with Crippen LogP contribution in [-0.2, 0) is 0 Å². The largest absolute Gasteiger partial charge is 0.496 e. The molecule has 0 N–H and O–H groups in total. The van der Waals surface area contributed by atoms with Crippen molar-refractivity contribution in [1.82, 2.24) is 14.8 Å². The molecule has 0 atom stereocenters. The third-order valence-electron chi connectivity index (χ3n) is 4.39. The summed E-state index contributed by atoms with van der Waals surface area (Å²) >= 11 is 1.57. The molecule has 134 valence electrons. The maximum atomic E-state index is 12.8. The summed E-state index contributed by atoms with van der Waals surface area (Å²) in [6, 6.07) is 5.59. The highest BCUT2D eigenvalue weighted by Gasteiger charge is 2.22. The second-order valence-electron chi connectivity index (χ2n) is 6.42. The molecule has 1 aliphatic rings. The molecular formula is C18H24N4O2S. The van der Waals surface area contributed by atoms with Gasteiger partial charge in [0.15, 0.2) is 5.13 Å². The lowest BCUT2D eigenvalue weighted by Gasteiger charge is -2.32. The van der Waals surface area contributed by atoms with Gasteiger partial charge in [0.05, 0.1) is 12.8 Å². The van der Waals surface area contributed by atoms with Crippen molar-refractivity contribution in [2.75, 3.05) is 59.3 Å². The first-order chi connectivity index (χ1) is 12.0. The minimum Gasteiger partial charge on any atom is -0.496 e. The van der Waals surface area contributed by atoms with Crippen LogP contribution in [0.15, 0.2) is 23.6 Å². The second kappa shape index (κ2) is 7.41. The molecule has 0 spiro atoms. The van der Waals surface area contributed by atoms with Crippen LogP contribution in [0.25, 0.3) is 11.3 Å². The Hall–Kier alpha value is -2.12. The molecule has 1 aliphatic heterocycles. The number of likely N-dealkylation sites (N-methyl/N-ethyl adjacent to an activating group) is 1. The van der Waals surface area contributed by atoms with Gasteiger partial charge in [-0.15, -0.1) is 11.3 Å². The third kappa shape index (κ3) is 3.77. The summed E-state index contributed by atoms with van der Waals surface area (Å²) in [7, 11) is 7.65. The third-order valence-corrected chi connectivity index (χ3v) is 5.40. The molecule has 1 fully saturated rings. The summed E-state index contributed by atoms with van der Waals surface area (Å²) in [4.78, 5) is 23.6. The number of hydrogen-bond donors (Lipinski definition) is 0. The van der Waals surface area contributed by atoms with Crippen LogP contribution < -0.4 is 9.64 Å². The van der Waals surface area contributed by atoms with Crippen molar-refractivity contribution < 1.29 is 9.53 Å². The molecule has 1 amide bonds. The van der Waals surface area contributed by atoms with E-state index in [1.165, 1.54) is 0 Å². The topological polar surface area (TPSA) is 48.9 Å². The van der Waals surface area contributed by atoms with Gasteiger partial charge in [-0.3, -0.25) is 4.79 Å². The number of rotatable bonds is 4. The number of carbonyl (C=O) groups is 1. The van der Waals surface area contributed by atoms with Crippen molar-refractivity contribution in [2.45, 2.75) is 0 Å². The van der Waals surface area contributed by atoms with E-state index in [1.54, 1.807) is 18.4 Å². The zero-order valence-electron chi connectivity index (χ0n) is 15.2. The fourth-order valence-corrected chi connectivity index (χ4v) is 3.59. The number of anilines is 1. The normalized spacial score (nSPS) is 15.3. The lowest BCUT2D eigenvalue weighted by molar-refractivity contribution is 0.0664. The van der Waals surface area contributed by atoms with Crippen LogP contribution in [-0.4, -0.2) is 75.1 Å². The Bertz CT molecular complexity index is 751. The highest BCUT2D eigenvalue weighted by atomic mass is 32.1. The van der Waals surface area contributed by atoms with E-state index in [2.05, 4.69) is 16.9 Å². The number of nitrogens with zero attached hydrogens (tertiary/aromatic N) is 4. The van der Waals surface area contributed by atoms with E-state index in [0.717, 1.165) is 48.3 Å². The summed E-state index contributed by atoms with van der Waals surface area (Å²) in [6.45, 7) is 3.34. The van der Waals surface area contributed by atoms with Crippen LogP contribution in [0.4, 0.5) is 5.13 Å². The molecule has 0 unspecified atom stereocenters. The van der Waals surface area contributed by atoms with Crippen molar-refractivity contribution >= 4 is 22.4 Å². The smallest absolute Gasteiger partial charge is 0.253 e. The number of carbonyl (C=O) groups excluding carboxylic acids is 1. The molecular weight excluding hydrogens is 336 g/mol. The Balaban J connectivity index is 1.90. The fourth-order valence-electron chi connectivity index (χ4n) is 2.83. The van der Waals surface area contributed by atoms with Gasteiger partial charge in [0, 0.05) is 56.8 Å². The quantitative estimate of drug-likeness (QED) is 0.837. The lowest BCUT2D eigenvalue weighted by Crippen LogP contribution is -2.47. The molecule has 0 aliphatic carbocycles. The van der Waals surface area contributed by atoms with E-state index >= 15 is 0 Å². The monoisotopic (exact) mass is 360 g/mol. The Labute approximate surface area is 152 Å². The number of thiazole rings is 1. The summed E-state index contributed by atoms with van der Waals surface area (Å²) in [6.07, 6.45) is 0. The second-order valence-corrected chi connectivity index (χ2v) is 7.26. The first-order valence-electron chi connectivity index (χ1n) is 8.28. The van der Waals surface area contributed by atoms with E-state index < -0.39 is 0 Å². The minimum absolute atomic E-state index is 0.0695. The number of hydrogen-bond acceptors (Lipinski definition) is 6. The van der Waals surface area contributed by atoms with Gasteiger partial charge >= 0.3 is 0 Å². The first kappa shape index (κ1) is 17.7. The van der Waals surface area contributed by atoms with Crippen LogP contribution >= 0.6 is 11.3 Å². The van der Waals surface area contributed by atoms with Crippen molar-refractivity contribution in [3.05, 3.63) is 29.1 Å². The molecule has 1 saturated heterocycles. The average Bonchev–Trinajstić information content (AvgIpc) is 3.11. The molecule has 3 rings (SSSR count). The molecule has 1 aromatic heterocycles. The first-order valence-corrected chi connectivity index (χ1v) is 9.16. The zero-order chi connectivity index (χ0) is 18.0. The number of amides is 1. The highest BCUT2D eigenvalue weighted by molar-refractivity contribution is 7.14. The number of piperazine rings is 1. The van der Waals surface area contributed by atoms with Crippen LogP contribution in [0.5, 0.6) is 5.75 Å². The van der Waals surface area contributed by atoms with E-state index in [1.807, 2.05) is 47.5 Å². The van der Waals surface area contributed by atoms with Gasteiger partial charge < -0.3 is 19.4 Å². The van der Waals surface area contributed by atoms with E-state index in [9.17, 15) is 4.79 Å². The maximum absolute atomic E-state index is 12.8. The molecule has 1 aromatic carbocycles. The van der Waals surface area contributed by atoms with Crippen LogP contribution in [0.2, 0.25) is 0 Å². The fraction of sp³-hybridized carbons (Fsp3) is 0.444. The van der Waals surface area contributed by atoms with Crippen LogP contribution in [0.1, 0.15) is 10.4 Å².